The van der Waals surface area contributed by atoms with Gasteiger partial charge < -0.3 is 9.64 Å². The molecule has 2 aromatic heterocycles. The molecule has 2 aromatic rings. The van der Waals surface area contributed by atoms with Gasteiger partial charge in [0.25, 0.3) is 0 Å². The normalized spacial score (nSPS) is 17.4. The molecule has 1 fully saturated rings. The first-order valence-electron chi connectivity index (χ1n) is 8.17. The van der Waals surface area contributed by atoms with E-state index in [1.165, 1.54) is 11.3 Å². The maximum Gasteiger partial charge on any atom is 0.410 e. The molecule has 0 unspecified atom stereocenters. The van der Waals surface area contributed by atoms with Crippen molar-refractivity contribution in [2.24, 2.45) is 0 Å². The lowest BCUT2D eigenvalue weighted by Gasteiger charge is -2.36. The van der Waals surface area contributed by atoms with Crippen molar-refractivity contribution in [3.05, 3.63) is 29.7 Å². The highest BCUT2D eigenvalue weighted by Gasteiger charge is 2.41. The Bertz CT molecular complexity index is 737. The third kappa shape index (κ3) is 4.12. The fourth-order valence-electron chi connectivity index (χ4n) is 2.60. The van der Waals surface area contributed by atoms with E-state index in [0.29, 0.717) is 23.9 Å². The Hall–Kier alpha value is -2.09. The number of carbonyl (C=O) groups excluding carboxylic acids is 1. The number of hydrogen-bond acceptors (Lipinski definition) is 6. The molecule has 0 bridgehead atoms. The number of piperidine rings is 1. The molecule has 134 valence electrons. The second-order valence-electron chi connectivity index (χ2n) is 7.03. The number of alkyl halides is 1. The summed E-state index contributed by atoms with van der Waals surface area (Å²) in [5.41, 5.74) is -2.09. The van der Waals surface area contributed by atoms with E-state index in [2.05, 4.69) is 15.0 Å². The van der Waals surface area contributed by atoms with E-state index in [9.17, 15) is 4.79 Å². The van der Waals surface area contributed by atoms with Gasteiger partial charge in [-0.3, -0.25) is 0 Å². The van der Waals surface area contributed by atoms with Crippen LogP contribution in [0.3, 0.4) is 0 Å². The van der Waals surface area contributed by atoms with Gasteiger partial charge in [0, 0.05) is 44.5 Å². The summed E-state index contributed by atoms with van der Waals surface area (Å²) >= 11 is 1.27. The Morgan fingerprint density at radius 2 is 1.88 bits per heavy atom. The van der Waals surface area contributed by atoms with Crippen LogP contribution in [-0.2, 0) is 10.4 Å². The van der Waals surface area contributed by atoms with E-state index in [-0.39, 0.29) is 12.8 Å². The summed E-state index contributed by atoms with van der Waals surface area (Å²) < 4.78 is 20.7. The highest BCUT2D eigenvalue weighted by molar-refractivity contribution is 7.15. The van der Waals surface area contributed by atoms with Crippen LogP contribution < -0.4 is 0 Å². The Morgan fingerprint density at radius 1 is 1.24 bits per heavy atom. The third-order valence-corrected chi connectivity index (χ3v) is 5.06. The van der Waals surface area contributed by atoms with Crippen molar-refractivity contribution in [1.29, 1.82) is 0 Å². The van der Waals surface area contributed by atoms with E-state index in [4.69, 9.17) is 4.74 Å². The maximum atomic E-state index is 15.3. The minimum atomic E-state index is -1.53. The second-order valence-corrected chi connectivity index (χ2v) is 8.07. The number of carbonyl (C=O) groups is 1. The van der Waals surface area contributed by atoms with Gasteiger partial charge in [-0.25, -0.2) is 24.1 Å². The van der Waals surface area contributed by atoms with Crippen molar-refractivity contribution in [1.82, 2.24) is 19.9 Å². The fourth-order valence-corrected chi connectivity index (χ4v) is 3.60. The number of hydrogen-bond donors (Lipinski definition) is 0. The summed E-state index contributed by atoms with van der Waals surface area (Å²) in [5.74, 6) is 0.543. The number of aromatic nitrogens is 3. The van der Waals surface area contributed by atoms with Gasteiger partial charge in [-0.15, -0.1) is 11.3 Å². The first-order valence-corrected chi connectivity index (χ1v) is 8.99. The number of amides is 1. The van der Waals surface area contributed by atoms with E-state index in [1.54, 1.807) is 29.6 Å². The molecule has 0 aliphatic carbocycles. The Kier molecular flexibility index (Phi) is 4.73. The number of nitrogens with zero attached hydrogens (tertiary/aromatic N) is 4. The van der Waals surface area contributed by atoms with Gasteiger partial charge in [0.15, 0.2) is 11.5 Å². The molecule has 8 heteroatoms. The van der Waals surface area contributed by atoms with Crippen molar-refractivity contribution >= 4 is 17.4 Å². The Balaban J connectivity index is 1.67. The van der Waals surface area contributed by atoms with Crippen LogP contribution in [0.1, 0.15) is 38.6 Å². The average Bonchev–Trinajstić information content (AvgIpc) is 3.05. The lowest BCUT2D eigenvalue weighted by molar-refractivity contribution is 0.00216. The molecular weight excluding hydrogens is 343 g/mol. The Morgan fingerprint density at radius 3 is 2.48 bits per heavy atom. The summed E-state index contributed by atoms with van der Waals surface area (Å²) in [6, 6.07) is 1.73. The highest BCUT2D eigenvalue weighted by atomic mass is 32.1. The highest BCUT2D eigenvalue weighted by Crippen LogP contribution is 2.40. The predicted octanol–water partition coefficient (Wildman–Crippen LogP) is 3.80. The van der Waals surface area contributed by atoms with Crippen LogP contribution in [0.25, 0.3) is 10.7 Å². The van der Waals surface area contributed by atoms with Crippen molar-refractivity contribution in [3.8, 4) is 10.7 Å². The first kappa shape index (κ1) is 17.7. The van der Waals surface area contributed by atoms with Crippen LogP contribution in [0.15, 0.2) is 24.7 Å². The van der Waals surface area contributed by atoms with Gasteiger partial charge in [-0.2, -0.15) is 0 Å². The van der Waals surface area contributed by atoms with Crippen molar-refractivity contribution in [3.63, 3.8) is 0 Å². The maximum absolute atomic E-state index is 15.3. The molecule has 1 aliphatic rings. The van der Waals surface area contributed by atoms with Gasteiger partial charge in [-0.1, -0.05) is 0 Å². The summed E-state index contributed by atoms with van der Waals surface area (Å²) in [6.07, 6.45) is 4.91. The van der Waals surface area contributed by atoms with Crippen LogP contribution in [0.5, 0.6) is 0 Å². The summed E-state index contributed by atoms with van der Waals surface area (Å²) in [7, 11) is 0. The number of halogens is 1. The molecule has 0 N–H and O–H groups in total. The van der Waals surface area contributed by atoms with E-state index in [0.717, 1.165) is 4.88 Å². The largest absolute Gasteiger partial charge is 0.444 e. The van der Waals surface area contributed by atoms with Gasteiger partial charge in [-0.05, 0) is 26.8 Å². The quantitative estimate of drug-likeness (QED) is 0.811. The first-order chi connectivity index (χ1) is 11.8. The molecule has 3 rings (SSSR count). The predicted molar refractivity (Wildman–Crippen MR) is 93.0 cm³/mol. The molecule has 1 aliphatic heterocycles. The van der Waals surface area contributed by atoms with Crippen LogP contribution in [0.4, 0.5) is 9.18 Å². The topological polar surface area (TPSA) is 68.2 Å². The standard InChI is InChI=1S/C17H21FN4O2S/c1-16(2,3)24-15(23)22-9-5-17(18,6-10-22)14-21-11-12(25-14)13-19-7-4-8-20-13/h4,7-8,11H,5-6,9-10H2,1-3H3. The van der Waals surface area contributed by atoms with Crippen LogP contribution >= 0.6 is 11.3 Å². The molecule has 0 atom stereocenters. The average molecular weight is 364 g/mol. The summed E-state index contributed by atoms with van der Waals surface area (Å²) in [4.78, 5) is 27.0. The lowest BCUT2D eigenvalue weighted by Crippen LogP contribution is -2.45. The van der Waals surface area contributed by atoms with Gasteiger partial charge in [0.2, 0.25) is 0 Å². The molecule has 25 heavy (non-hydrogen) atoms. The molecule has 3 heterocycles. The van der Waals surface area contributed by atoms with Crippen LogP contribution in [0.2, 0.25) is 0 Å². The van der Waals surface area contributed by atoms with Crippen LogP contribution in [-0.4, -0.2) is 44.6 Å². The van der Waals surface area contributed by atoms with Crippen molar-refractivity contribution in [2.45, 2.75) is 44.9 Å². The number of likely N-dealkylation sites (tertiary alicyclic amines) is 1. The smallest absolute Gasteiger partial charge is 0.410 e. The molecule has 0 aromatic carbocycles. The molecule has 6 nitrogen and oxygen atoms in total. The lowest BCUT2D eigenvalue weighted by atomic mass is 9.94. The van der Waals surface area contributed by atoms with Gasteiger partial charge >= 0.3 is 6.09 Å². The van der Waals surface area contributed by atoms with Gasteiger partial charge in [0.1, 0.15) is 10.6 Å². The summed E-state index contributed by atoms with van der Waals surface area (Å²) in [6.45, 7) is 6.06. The second kappa shape index (κ2) is 6.67. The summed E-state index contributed by atoms with van der Waals surface area (Å²) in [5, 5.41) is 0.416. The minimum Gasteiger partial charge on any atom is -0.444 e. The molecule has 0 saturated carbocycles. The number of rotatable bonds is 2. The molecule has 0 spiro atoms. The zero-order valence-corrected chi connectivity index (χ0v) is 15.3. The van der Waals surface area contributed by atoms with Crippen molar-refractivity contribution < 1.29 is 13.9 Å². The minimum absolute atomic E-state index is 0.203. The monoisotopic (exact) mass is 364 g/mol. The van der Waals surface area contributed by atoms with Crippen molar-refractivity contribution in [2.75, 3.05) is 13.1 Å². The zero-order valence-electron chi connectivity index (χ0n) is 14.5. The van der Waals surface area contributed by atoms with Gasteiger partial charge in [0.05, 0.1) is 4.88 Å². The van der Waals surface area contributed by atoms with E-state index < -0.39 is 17.4 Å². The number of thiazole rings is 1. The van der Waals surface area contributed by atoms with E-state index in [1.807, 2.05) is 20.8 Å². The Labute approximate surface area is 150 Å². The molecule has 1 saturated heterocycles. The SMILES string of the molecule is CC(C)(C)OC(=O)N1CCC(F)(c2ncc(-c3ncccn3)s2)CC1. The third-order valence-electron chi connectivity index (χ3n) is 3.88. The molecular formula is C17H21FN4O2S. The van der Waals surface area contributed by atoms with E-state index >= 15 is 4.39 Å². The fraction of sp³-hybridized carbons (Fsp3) is 0.529. The van der Waals surface area contributed by atoms with Crippen LogP contribution in [0, 0.1) is 0 Å². The molecule has 1 amide bonds. The molecule has 0 radical (unpaired) electrons. The number of ether oxygens (including phenoxy) is 1. The zero-order chi connectivity index (χ0) is 18.1.